The van der Waals surface area contributed by atoms with Gasteiger partial charge >= 0.3 is 0 Å². The second-order valence-corrected chi connectivity index (χ2v) is 3.80. The first-order valence-electron chi connectivity index (χ1n) is 3.66. The Balaban J connectivity index is 2.34. The molecule has 0 amide bonds. The first-order valence-corrected chi connectivity index (χ1v) is 4.71. The number of thioether (sulfide) groups is 1. The summed E-state index contributed by atoms with van der Waals surface area (Å²) in [4.78, 5) is 0. The number of hydrogen-bond donors (Lipinski definition) is 0. The highest BCUT2D eigenvalue weighted by Gasteiger charge is 2.26. The van der Waals surface area contributed by atoms with Gasteiger partial charge < -0.3 is 4.74 Å². The van der Waals surface area contributed by atoms with Gasteiger partial charge in [-0.15, -0.1) is 0 Å². The van der Waals surface area contributed by atoms with Crippen molar-refractivity contribution in [2.24, 2.45) is 0 Å². The highest BCUT2D eigenvalue weighted by molar-refractivity contribution is 8.06. The highest BCUT2D eigenvalue weighted by atomic mass is 32.2. The summed E-state index contributed by atoms with van der Waals surface area (Å²) in [6.07, 6.45) is 0. The highest BCUT2D eigenvalue weighted by Crippen LogP contribution is 2.48. The van der Waals surface area contributed by atoms with E-state index in [4.69, 9.17) is 4.74 Å². The topological polar surface area (TPSA) is 9.23 Å². The number of para-hydroxylation sites is 1. The quantitative estimate of drug-likeness (QED) is 0.624. The van der Waals surface area contributed by atoms with E-state index in [1.54, 1.807) is 7.11 Å². The Bertz CT molecular complexity index is 255. The van der Waals surface area contributed by atoms with Gasteiger partial charge in [-0.1, -0.05) is 18.2 Å². The van der Waals surface area contributed by atoms with Crippen LogP contribution in [0.25, 0.3) is 0 Å². The molecular formula is C9H10OS. The first kappa shape index (κ1) is 7.04. The minimum Gasteiger partial charge on any atom is -0.496 e. The molecular weight excluding hydrogens is 156 g/mol. The van der Waals surface area contributed by atoms with Crippen LogP contribution in [0.15, 0.2) is 24.3 Å². The van der Waals surface area contributed by atoms with E-state index >= 15 is 0 Å². The van der Waals surface area contributed by atoms with Crippen LogP contribution in [0.5, 0.6) is 5.75 Å². The molecule has 1 aliphatic heterocycles. The molecule has 1 atom stereocenters. The van der Waals surface area contributed by atoms with E-state index < -0.39 is 0 Å². The maximum atomic E-state index is 5.23. The number of rotatable bonds is 2. The number of ether oxygens (including phenoxy) is 1. The average molecular weight is 166 g/mol. The molecule has 2 rings (SSSR count). The van der Waals surface area contributed by atoms with E-state index in [0.717, 1.165) is 5.75 Å². The Morgan fingerprint density at radius 2 is 2.18 bits per heavy atom. The Labute approximate surface area is 70.8 Å². The third-order valence-corrected chi connectivity index (χ3v) is 2.74. The second kappa shape index (κ2) is 2.78. The lowest BCUT2D eigenvalue weighted by atomic mass is 10.1. The van der Waals surface area contributed by atoms with E-state index in [0.29, 0.717) is 5.25 Å². The van der Waals surface area contributed by atoms with Crippen molar-refractivity contribution < 1.29 is 4.74 Å². The number of hydrogen-bond acceptors (Lipinski definition) is 2. The molecule has 0 bridgehead atoms. The Kier molecular flexibility index (Phi) is 1.78. The van der Waals surface area contributed by atoms with Gasteiger partial charge in [0.15, 0.2) is 0 Å². The molecule has 1 heterocycles. The van der Waals surface area contributed by atoms with Gasteiger partial charge in [0.2, 0.25) is 0 Å². The normalized spacial score (nSPS) is 21.4. The van der Waals surface area contributed by atoms with Gasteiger partial charge in [-0.3, -0.25) is 0 Å². The van der Waals surface area contributed by atoms with Crippen LogP contribution in [0.4, 0.5) is 0 Å². The number of methoxy groups -OCH3 is 1. The van der Waals surface area contributed by atoms with E-state index in [2.05, 4.69) is 12.1 Å². The van der Waals surface area contributed by atoms with Crippen LogP contribution >= 0.6 is 11.8 Å². The van der Waals surface area contributed by atoms with Crippen LogP contribution in [-0.4, -0.2) is 12.9 Å². The predicted octanol–water partition coefficient (Wildman–Crippen LogP) is 2.48. The molecule has 1 aromatic carbocycles. The third kappa shape index (κ3) is 1.36. The molecule has 0 radical (unpaired) electrons. The summed E-state index contributed by atoms with van der Waals surface area (Å²) < 4.78 is 5.23. The number of benzene rings is 1. The average Bonchev–Trinajstić information content (AvgIpc) is 2.87. The van der Waals surface area contributed by atoms with Crippen molar-refractivity contribution in [2.75, 3.05) is 12.9 Å². The van der Waals surface area contributed by atoms with E-state index in [-0.39, 0.29) is 0 Å². The smallest absolute Gasteiger partial charge is 0.123 e. The van der Waals surface area contributed by atoms with Crippen LogP contribution in [-0.2, 0) is 0 Å². The zero-order chi connectivity index (χ0) is 7.68. The zero-order valence-electron chi connectivity index (χ0n) is 6.41. The molecule has 0 N–H and O–H groups in total. The van der Waals surface area contributed by atoms with Gasteiger partial charge in [-0.2, -0.15) is 11.8 Å². The second-order valence-electron chi connectivity index (χ2n) is 2.56. The van der Waals surface area contributed by atoms with Crippen molar-refractivity contribution in [3.8, 4) is 5.75 Å². The standard InChI is InChI=1S/C9H10OS/c1-10-8-5-3-2-4-7(8)9-6-11-9/h2-5,9H,6H2,1H3. The lowest BCUT2D eigenvalue weighted by molar-refractivity contribution is 0.410. The van der Waals surface area contributed by atoms with Crippen LogP contribution in [0.1, 0.15) is 10.8 Å². The Hall–Kier alpha value is -0.630. The summed E-state index contributed by atoms with van der Waals surface area (Å²) >= 11 is 1.97. The minimum absolute atomic E-state index is 0.700. The molecule has 1 fully saturated rings. The molecule has 1 unspecified atom stereocenters. The van der Waals surface area contributed by atoms with E-state index in [9.17, 15) is 0 Å². The molecule has 1 aliphatic rings. The maximum Gasteiger partial charge on any atom is 0.123 e. The molecule has 1 nitrogen and oxygen atoms in total. The third-order valence-electron chi connectivity index (χ3n) is 1.82. The van der Waals surface area contributed by atoms with Crippen molar-refractivity contribution >= 4 is 11.8 Å². The van der Waals surface area contributed by atoms with Crippen molar-refractivity contribution in [1.82, 2.24) is 0 Å². The largest absolute Gasteiger partial charge is 0.496 e. The fraction of sp³-hybridized carbons (Fsp3) is 0.333. The van der Waals surface area contributed by atoms with Gasteiger partial charge in [0, 0.05) is 16.6 Å². The molecule has 0 aromatic heterocycles. The molecule has 0 aliphatic carbocycles. The molecule has 0 saturated carbocycles. The summed E-state index contributed by atoms with van der Waals surface area (Å²) in [6, 6.07) is 8.24. The van der Waals surface area contributed by atoms with Gasteiger partial charge in [0.05, 0.1) is 7.11 Å². The van der Waals surface area contributed by atoms with Crippen molar-refractivity contribution in [3.05, 3.63) is 29.8 Å². The summed E-state index contributed by atoms with van der Waals surface area (Å²) in [5, 5.41) is 0.700. The van der Waals surface area contributed by atoms with E-state index in [1.165, 1.54) is 11.3 Å². The molecule has 11 heavy (non-hydrogen) atoms. The van der Waals surface area contributed by atoms with Gasteiger partial charge in [0.1, 0.15) is 5.75 Å². The predicted molar refractivity (Wildman–Crippen MR) is 48.2 cm³/mol. The van der Waals surface area contributed by atoms with Gasteiger partial charge in [-0.05, 0) is 6.07 Å². The molecule has 1 aromatic rings. The lowest BCUT2D eigenvalue weighted by Crippen LogP contribution is -1.88. The van der Waals surface area contributed by atoms with Crippen LogP contribution in [0.3, 0.4) is 0 Å². The summed E-state index contributed by atoms with van der Waals surface area (Å²) in [5.41, 5.74) is 1.35. The minimum atomic E-state index is 0.700. The zero-order valence-corrected chi connectivity index (χ0v) is 7.23. The van der Waals surface area contributed by atoms with Crippen LogP contribution in [0, 0.1) is 0 Å². The monoisotopic (exact) mass is 166 g/mol. The van der Waals surface area contributed by atoms with Crippen molar-refractivity contribution in [2.45, 2.75) is 5.25 Å². The molecule has 2 heteroatoms. The van der Waals surface area contributed by atoms with Crippen LogP contribution < -0.4 is 4.74 Å². The molecule has 58 valence electrons. The van der Waals surface area contributed by atoms with Crippen LogP contribution in [0.2, 0.25) is 0 Å². The van der Waals surface area contributed by atoms with Gasteiger partial charge in [-0.25, -0.2) is 0 Å². The molecule has 0 spiro atoms. The fourth-order valence-corrected chi connectivity index (χ4v) is 1.81. The van der Waals surface area contributed by atoms with Gasteiger partial charge in [0.25, 0.3) is 0 Å². The lowest BCUT2D eigenvalue weighted by Gasteiger charge is -2.04. The fourth-order valence-electron chi connectivity index (χ4n) is 1.16. The van der Waals surface area contributed by atoms with Crippen molar-refractivity contribution in [1.29, 1.82) is 0 Å². The Morgan fingerprint density at radius 3 is 2.82 bits per heavy atom. The summed E-state index contributed by atoms with van der Waals surface area (Å²) in [7, 11) is 1.73. The summed E-state index contributed by atoms with van der Waals surface area (Å²) in [5.74, 6) is 2.28. The molecule has 1 saturated heterocycles. The van der Waals surface area contributed by atoms with E-state index in [1.807, 2.05) is 23.9 Å². The maximum absolute atomic E-state index is 5.23. The summed E-state index contributed by atoms with van der Waals surface area (Å²) in [6.45, 7) is 0. The Morgan fingerprint density at radius 1 is 1.45 bits per heavy atom. The first-order chi connectivity index (χ1) is 5.42. The SMILES string of the molecule is COc1ccccc1C1CS1. The van der Waals surface area contributed by atoms with Crippen molar-refractivity contribution in [3.63, 3.8) is 0 Å².